The summed E-state index contributed by atoms with van der Waals surface area (Å²) in [4.78, 5) is 11.4. The molecular formula is C20H21O2+. The molecule has 2 aromatic carbocycles. The van der Waals surface area contributed by atoms with Crippen molar-refractivity contribution < 1.29 is 9.53 Å². The summed E-state index contributed by atoms with van der Waals surface area (Å²) in [6.07, 6.45) is 2.53. The Morgan fingerprint density at radius 3 is 2.23 bits per heavy atom. The van der Waals surface area contributed by atoms with Crippen LogP contribution < -0.4 is 0 Å². The Bertz CT molecular complexity index is 590. The maximum absolute atomic E-state index is 11.4. The molecule has 0 amide bonds. The van der Waals surface area contributed by atoms with Crippen molar-refractivity contribution in [2.45, 2.75) is 19.3 Å². The van der Waals surface area contributed by atoms with Crippen LogP contribution in [0.25, 0.3) is 6.08 Å². The van der Waals surface area contributed by atoms with Crippen molar-refractivity contribution in [3.63, 3.8) is 0 Å². The second-order valence-corrected chi connectivity index (χ2v) is 5.19. The Kier molecular flexibility index (Phi) is 5.88. The second kappa shape index (κ2) is 8.11. The number of esters is 1. The van der Waals surface area contributed by atoms with E-state index in [9.17, 15) is 4.79 Å². The zero-order valence-electron chi connectivity index (χ0n) is 12.8. The van der Waals surface area contributed by atoms with E-state index in [1.165, 1.54) is 5.56 Å². The molecule has 1 aliphatic rings. The van der Waals surface area contributed by atoms with Gasteiger partial charge in [0.05, 0.1) is 12.5 Å². The van der Waals surface area contributed by atoms with Crippen molar-refractivity contribution in [1.29, 1.82) is 0 Å². The van der Waals surface area contributed by atoms with E-state index in [0.717, 1.165) is 12.0 Å². The summed E-state index contributed by atoms with van der Waals surface area (Å²) >= 11 is 0. The van der Waals surface area contributed by atoms with Crippen LogP contribution >= 0.6 is 0 Å². The van der Waals surface area contributed by atoms with E-state index in [1.807, 2.05) is 55.5 Å². The average molecular weight is 293 g/mol. The minimum Gasteiger partial charge on any atom is -0.466 e. The van der Waals surface area contributed by atoms with Crippen molar-refractivity contribution in [3.05, 3.63) is 78.4 Å². The van der Waals surface area contributed by atoms with Crippen LogP contribution in [0.2, 0.25) is 0 Å². The van der Waals surface area contributed by atoms with Gasteiger partial charge in [-0.3, -0.25) is 4.79 Å². The number of ether oxygens (including phenoxy) is 1. The zero-order valence-corrected chi connectivity index (χ0v) is 12.8. The topological polar surface area (TPSA) is 26.3 Å². The van der Waals surface area contributed by atoms with Crippen LogP contribution in [-0.2, 0) is 9.53 Å². The molecule has 3 rings (SSSR count). The van der Waals surface area contributed by atoms with E-state index in [0.29, 0.717) is 12.5 Å². The van der Waals surface area contributed by atoms with E-state index < -0.39 is 0 Å². The highest BCUT2D eigenvalue weighted by Gasteiger charge is 2.44. The molecule has 112 valence electrons. The third kappa shape index (κ3) is 4.54. The standard InChI is InChI=1S/C12H14O2.C8H7/c1-2-14-12(13)11-8-10(11)9-6-4-3-5-7-9;1-2-8-6-4-3-5-7-8/h3-7,10-11H,2,8H2,1H3;1-7H/q;+1. The van der Waals surface area contributed by atoms with E-state index in [2.05, 4.69) is 12.1 Å². The SMILES string of the molecule is CCOC(=O)C1CC1c1ccccc1.[CH+]=Cc1ccccc1. The molecule has 0 N–H and O–H groups in total. The molecule has 2 heteroatoms. The summed E-state index contributed by atoms with van der Waals surface area (Å²) in [5, 5.41) is 0. The summed E-state index contributed by atoms with van der Waals surface area (Å²) in [7, 11) is 0. The number of carbonyl (C=O) groups is 1. The van der Waals surface area contributed by atoms with Crippen LogP contribution in [0.5, 0.6) is 0 Å². The minimum absolute atomic E-state index is 0.0404. The van der Waals surface area contributed by atoms with Gasteiger partial charge in [0.25, 0.3) is 0 Å². The smallest absolute Gasteiger partial charge is 0.309 e. The number of hydrogen-bond acceptors (Lipinski definition) is 2. The van der Waals surface area contributed by atoms with Gasteiger partial charge in [0, 0.05) is 18.7 Å². The quantitative estimate of drug-likeness (QED) is 0.613. The predicted octanol–water partition coefficient (Wildman–Crippen LogP) is 4.49. The van der Waals surface area contributed by atoms with E-state index >= 15 is 0 Å². The molecule has 0 radical (unpaired) electrons. The number of benzene rings is 2. The molecule has 22 heavy (non-hydrogen) atoms. The fourth-order valence-corrected chi connectivity index (χ4v) is 2.34. The lowest BCUT2D eigenvalue weighted by Gasteiger charge is -2.00. The first-order valence-corrected chi connectivity index (χ1v) is 7.57. The maximum atomic E-state index is 11.4. The molecule has 2 atom stereocenters. The van der Waals surface area contributed by atoms with Crippen molar-refractivity contribution in [3.8, 4) is 0 Å². The first-order valence-electron chi connectivity index (χ1n) is 7.57. The lowest BCUT2D eigenvalue weighted by molar-refractivity contribution is -0.144. The fraction of sp³-hybridized carbons (Fsp3) is 0.250. The third-order valence-electron chi connectivity index (χ3n) is 3.60. The molecule has 0 heterocycles. The monoisotopic (exact) mass is 293 g/mol. The number of hydrogen-bond donors (Lipinski definition) is 0. The van der Waals surface area contributed by atoms with Crippen LogP contribution in [-0.4, -0.2) is 12.6 Å². The van der Waals surface area contributed by atoms with Gasteiger partial charge < -0.3 is 4.74 Å². The Balaban J connectivity index is 0.000000188. The largest absolute Gasteiger partial charge is 0.466 e. The van der Waals surface area contributed by atoms with E-state index in [1.54, 1.807) is 6.08 Å². The van der Waals surface area contributed by atoms with Crippen molar-refractivity contribution in [2.24, 2.45) is 5.92 Å². The summed E-state index contributed by atoms with van der Waals surface area (Å²) in [6, 6.07) is 20.0. The Morgan fingerprint density at radius 1 is 1.14 bits per heavy atom. The Labute approximate surface area is 132 Å². The molecule has 2 aromatic rings. The number of carbonyl (C=O) groups excluding carboxylic acids is 1. The summed E-state index contributed by atoms with van der Waals surface area (Å²) < 4.78 is 4.98. The molecule has 0 aromatic heterocycles. The highest BCUT2D eigenvalue weighted by atomic mass is 16.5. The summed E-state index contributed by atoms with van der Waals surface area (Å²) in [5.41, 5.74) is 2.32. The van der Waals surface area contributed by atoms with Crippen molar-refractivity contribution in [2.75, 3.05) is 6.61 Å². The van der Waals surface area contributed by atoms with Gasteiger partial charge in [-0.2, -0.15) is 0 Å². The number of rotatable bonds is 4. The average Bonchev–Trinajstić information content (AvgIpc) is 3.38. The molecule has 0 bridgehead atoms. The van der Waals surface area contributed by atoms with Gasteiger partial charge >= 0.3 is 5.97 Å². The van der Waals surface area contributed by atoms with Gasteiger partial charge in [-0.25, -0.2) is 0 Å². The third-order valence-corrected chi connectivity index (χ3v) is 3.60. The van der Waals surface area contributed by atoms with Crippen molar-refractivity contribution in [1.82, 2.24) is 0 Å². The van der Waals surface area contributed by atoms with Gasteiger partial charge in [0.15, 0.2) is 6.08 Å². The van der Waals surface area contributed by atoms with Gasteiger partial charge in [-0.05, 0) is 37.0 Å². The van der Waals surface area contributed by atoms with Crippen LogP contribution in [0.1, 0.15) is 30.4 Å². The first kappa shape index (κ1) is 15.9. The predicted molar refractivity (Wildman–Crippen MR) is 89.1 cm³/mol. The van der Waals surface area contributed by atoms with Gasteiger partial charge in [0.2, 0.25) is 0 Å². The normalized spacial score (nSPS) is 18.5. The van der Waals surface area contributed by atoms with Crippen LogP contribution in [0.15, 0.2) is 60.7 Å². The van der Waals surface area contributed by atoms with Crippen LogP contribution in [0.3, 0.4) is 0 Å². The highest BCUT2D eigenvalue weighted by molar-refractivity contribution is 5.77. The summed E-state index contributed by atoms with van der Waals surface area (Å²) in [6.45, 7) is 7.55. The molecule has 0 spiro atoms. The van der Waals surface area contributed by atoms with E-state index in [-0.39, 0.29) is 11.9 Å². The molecule has 0 aliphatic heterocycles. The van der Waals surface area contributed by atoms with E-state index in [4.69, 9.17) is 11.3 Å². The lowest BCUT2D eigenvalue weighted by Crippen LogP contribution is -2.07. The van der Waals surface area contributed by atoms with Gasteiger partial charge in [0.1, 0.15) is 5.56 Å². The van der Waals surface area contributed by atoms with Gasteiger partial charge in [-0.1, -0.05) is 36.4 Å². The lowest BCUT2D eigenvalue weighted by atomic mass is 10.1. The molecular weight excluding hydrogens is 272 g/mol. The van der Waals surface area contributed by atoms with Crippen molar-refractivity contribution >= 4 is 12.0 Å². The maximum Gasteiger partial charge on any atom is 0.309 e. The second-order valence-electron chi connectivity index (χ2n) is 5.19. The molecule has 2 unspecified atom stereocenters. The first-order chi connectivity index (χ1) is 10.8. The molecule has 1 aliphatic carbocycles. The zero-order chi connectivity index (χ0) is 15.8. The molecule has 1 fully saturated rings. The summed E-state index contributed by atoms with van der Waals surface area (Å²) in [5.74, 6) is 0.467. The highest BCUT2D eigenvalue weighted by Crippen LogP contribution is 2.47. The minimum atomic E-state index is -0.0404. The fourth-order valence-electron chi connectivity index (χ4n) is 2.34. The van der Waals surface area contributed by atoms with Gasteiger partial charge in [-0.15, -0.1) is 0 Å². The Morgan fingerprint density at radius 2 is 1.73 bits per heavy atom. The molecule has 1 saturated carbocycles. The van der Waals surface area contributed by atoms with Crippen LogP contribution in [0, 0.1) is 12.5 Å². The molecule has 0 saturated heterocycles. The molecule has 2 nitrogen and oxygen atoms in total. The van der Waals surface area contributed by atoms with Crippen LogP contribution in [0.4, 0.5) is 0 Å². The Hall–Kier alpha value is -2.44.